The molecule has 2 amide bonds. The summed E-state index contributed by atoms with van der Waals surface area (Å²) in [6.45, 7) is 7.37. The zero-order valence-corrected chi connectivity index (χ0v) is 14.0. The maximum absolute atomic E-state index is 11.8. The van der Waals surface area contributed by atoms with Crippen molar-refractivity contribution in [3.05, 3.63) is 11.1 Å². The molecule has 0 aliphatic rings. The normalized spacial score (nSPS) is 11.8. The van der Waals surface area contributed by atoms with E-state index < -0.39 is 17.6 Å². The minimum absolute atomic E-state index is 0.0397. The highest BCUT2D eigenvalue weighted by atomic mass is 32.1. The summed E-state index contributed by atoms with van der Waals surface area (Å²) >= 11 is 1.15. The predicted molar refractivity (Wildman–Crippen MR) is 84.2 cm³/mol. The number of ether oxygens (including phenoxy) is 1. The molecule has 0 fully saturated rings. The van der Waals surface area contributed by atoms with Gasteiger partial charge >= 0.3 is 6.09 Å². The van der Waals surface area contributed by atoms with Gasteiger partial charge in [0.05, 0.1) is 0 Å². The van der Waals surface area contributed by atoms with E-state index in [4.69, 9.17) is 9.57 Å². The van der Waals surface area contributed by atoms with E-state index >= 15 is 0 Å². The molecule has 0 aromatic carbocycles. The first-order valence-electron chi connectivity index (χ1n) is 6.64. The van der Waals surface area contributed by atoms with Gasteiger partial charge in [-0.25, -0.2) is 9.78 Å². The van der Waals surface area contributed by atoms with Crippen molar-refractivity contribution >= 4 is 34.2 Å². The second-order valence-electron chi connectivity index (χ2n) is 5.10. The molecular formula is C13H20N4O4S. The van der Waals surface area contributed by atoms with E-state index in [1.165, 1.54) is 7.05 Å². The average Bonchev–Trinajstić information content (AvgIpc) is 2.84. The van der Waals surface area contributed by atoms with Crippen molar-refractivity contribution in [3.63, 3.8) is 0 Å². The molecule has 1 heterocycles. The van der Waals surface area contributed by atoms with Gasteiger partial charge in [0.2, 0.25) is 0 Å². The van der Waals surface area contributed by atoms with Crippen molar-refractivity contribution < 1.29 is 19.2 Å². The third-order valence-electron chi connectivity index (χ3n) is 2.08. The lowest BCUT2D eigenvalue weighted by molar-refractivity contribution is -0.114. The molecule has 0 radical (unpaired) electrons. The highest BCUT2D eigenvalue weighted by molar-refractivity contribution is 7.14. The Bertz CT molecular complexity index is 563. The summed E-state index contributed by atoms with van der Waals surface area (Å²) in [6.07, 6.45) is -0.614. The summed E-state index contributed by atoms with van der Waals surface area (Å²) in [5.74, 6) is -0.428. The van der Waals surface area contributed by atoms with Gasteiger partial charge in [-0.3, -0.25) is 10.1 Å². The average molecular weight is 328 g/mol. The maximum Gasteiger partial charge on any atom is 0.413 e. The lowest BCUT2D eigenvalue weighted by atomic mass is 10.2. The molecule has 0 saturated heterocycles. The van der Waals surface area contributed by atoms with Crippen molar-refractivity contribution in [1.82, 2.24) is 10.3 Å². The molecule has 0 bridgehead atoms. The summed E-state index contributed by atoms with van der Waals surface area (Å²) in [7, 11) is 1.48. The Kier molecular flexibility index (Phi) is 6.29. The van der Waals surface area contributed by atoms with E-state index in [1.54, 1.807) is 33.1 Å². The van der Waals surface area contributed by atoms with Crippen LogP contribution >= 0.6 is 11.3 Å². The van der Waals surface area contributed by atoms with Crippen molar-refractivity contribution in [2.45, 2.75) is 33.3 Å². The highest BCUT2D eigenvalue weighted by Crippen LogP contribution is 2.18. The third-order valence-corrected chi connectivity index (χ3v) is 2.84. The number of carbonyl (C=O) groups excluding carboxylic acids is 2. The number of oxime groups is 1. The molecule has 8 nitrogen and oxygen atoms in total. The van der Waals surface area contributed by atoms with Crippen LogP contribution in [0.2, 0.25) is 0 Å². The minimum atomic E-state index is -0.614. The molecule has 2 N–H and O–H groups in total. The fraction of sp³-hybridized carbons (Fsp3) is 0.538. The molecule has 1 aromatic rings. The van der Waals surface area contributed by atoms with Crippen LogP contribution in [0.4, 0.5) is 9.93 Å². The molecule has 122 valence electrons. The summed E-state index contributed by atoms with van der Waals surface area (Å²) in [6, 6.07) is 0. The molecule has 9 heteroatoms. The van der Waals surface area contributed by atoms with Gasteiger partial charge in [0.15, 0.2) is 10.8 Å². The van der Waals surface area contributed by atoms with Gasteiger partial charge in [-0.1, -0.05) is 5.16 Å². The van der Waals surface area contributed by atoms with Crippen LogP contribution in [0.25, 0.3) is 0 Å². The number of rotatable bonds is 5. The van der Waals surface area contributed by atoms with Crippen molar-refractivity contribution in [2.75, 3.05) is 19.0 Å². The number of hydrogen-bond donors (Lipinski definition) is 2. The molecule has 0 aliphatic heterocycles. The number of carbonyl (C=O) groups is 2. The maximum atomic E-state index is 11.8. The largest absolute Gasteiger partial charge is 0.444 e. The lowest BCUT2D eigenvalue weighted by Crippen LogP contribution is -2.29. The van der Waals surface area contributed by atoms with Crippen LogP contribution in [0.15, 0.2) is 10.5 Å². The van der Waals surface area contributed by atoms with Gasteiger partial charge in [-0.15, -0.1) is 11.3 Å². The fourth-order valence-electron chi connectivity index (χ4n) is 1.28. The molecule has 0 saturated carbocycles. The predicted octanol–water partition coefficient (Wildman–Crippen LogP) is 1.98. The number of amides is 2. The summed E-state index contributed by atoms with van der Waals surface area (Å²) in [4.78, 5) is 32.5. The zero-order valence-electron chi connectivity index (χ0n) is 13.2. The second-order valence-corrected chi connectivity index (χ2v) is 5.96. The van der Waals surface area contributed by atoms with Crippen molar-refractivity contribution in [2.24, 2.45) is 5.16 Å². The molecule has 0 spiro atoms. The first-order chi connectivity index (χ1) is 10.3. The fourth-order valence-corrected chi connectivity index (χ4v) is 1.96. The van der Waals surface area contributed by atoms with Gasteiger partial charge in [0, 0.05) is 12.4 Å². The Morgan fingerprint density at radius 2 is 2.09 bits per heavy atom. The molecule has 1 rings (SSSR count). The second kappa shape index (κ2) is 7.74. The van der Waals surface area contributed by atoms with Crippen LogP contribution in [-0.2, 0) is 14.4 Å². The molecular weight excluding hydrogens is 308 g/mol. The molecule has 0 aliphatic carbocycles. The third kappa shape index (κ3) is 5.68. The van der Waals surface area contributed by atoms with Crippen LogP contribution in [0, 0.1) is 0 Å². The molecule has 0 atom stereocenters. The molecule has 22 heavy (non-hydrogen) atoms. The first-order valence-corrected chi connectivity index (χ1v) is 7.52. The van der Waals surface area contributed by atoms with Gasteiger partial charge in [0.25, 0.3) is 5.91 Å². The topological polar surface area (TPSA) is 102 Å². The molecule has 1 aromatic heterocycles. The monoisotopic (exact) mass is 328 g/mol. The van der Waals surface area contributed by atoms with Gasteiger partial charge in [-0.2, -0.15) is 0 Å². The van der Waals surface area contributed by atoms with Crippen LogP contribution in [0.5, 0.6) is 0 Å². The van der Waals surface area contributed by atoms with E-state index in [2.05, 4.69) is 20.8 Å². The minimum Gasteiger partial charge on any atom is -0.444 e. The zero-order chi connectivity index (χ0) is 16.8. The van der Waals surface area contributed by atoms with Crippen LogP contribution in [-0.4, -0.2) is 42.0 Å². The van der Waals surface area contributed by atoms with Gasteiger partial charge < -0.3 is 14.9 Å². The van der Waals surface area contributed by atoms with Crippen LogP contribution in [0.3, 0.4) is 0 Å². The Balaban J connectivity index is 2.85. The van der Waals surface area contributed by atoms with E-state index in [0.29, 0.717) is 17.4 Å². The number of nitrogens with zero attached hydrogens (tertiary/aromatic N) is 2. The Morgan fingerprint density at radius 3 is 2.64 bits per heavy atom. The van der Waals surface area contributed by atoms with E-state index in [-0.39, 0.29) is 5.71 Å². The number of nitrogens with one attached hydrogen (secondary N) is 2. The van der Waals surface area contributed by atoms with Gasteiger partial charge in [-0.05, 0) is 27.7 Å². The van der Waals surface area contributed by atoms with E-state index in [0.717, 1.165) is 11.3 Å². The Morgan fingerprint density at radius 1 is 1.41 bits per heavy atom. The number of thiazole rings is 1. The van der Waals surface area contributed by atoms with Crippen LogP contribution < -0.4 is 10.6 Å². The standard InChI is InChI=1S/C13H20N4O4S/c1-6-20-17-9(10(18)14-5)8-7-22-11(15-8)16-12(19)21-13(2,3)4/h7H,6H2,1-5H3,(H,14,18)(H,15,16,19)/b17-9-. The van der Waals surface area contributed by atoms with E-state index in [9.17, 15) is 9.59 Å². The number of anilines is 1. The summed E-state index contributed by atoms with van der Waals surface area (Å²) in [5, 5.41) is 10.6. The van der Waals surface area contributed by atoms with Crippen molar-refractivity contribution in [1.29, 1.82) is 0 Å². The highest BCUT2D eigenvalue weighted by Gasteiger charge is 2.20. The molecule has 0 unspecified atom stereocenters. The summed E-state index contributed by atoms with van der Waals surface area (Å²) < 4.78 is 5.13. The Hall–Kier alpha value is -2.16. The summed E-state index contributed by atoms with van der Waals surface area (Å²) in [5.41, 5.74) is -0.255. The van der Waals surface area contributed by atoms with Crippen LogP contribution in [0.1, 0.15) is 33.4 Å². The SMILES string of the molecule is CCO/N=C(\C(=O)NC)c1csc(NC(=O)OC(C)(C)C)n1. The lowest BCUT2D eigenvalue weighted by Gasteiger charge is -2.18. The van der Waals surface area contributed by atoms with E-state index in [1.807, 2.05) is 0 Å². The van der Waals surface area contributed by atoms with Crippen molar-refractivity contribution in [3.8, 4) is 0 Å². The quantitative estimate of drug-likeness (QED) is 0.635. The van der Waals surface area contributed by atoms with Gasteiger partial charge in [0.1, 0.15) is 17.9 Å². The Labute approximate surface area is 132 Å². The number of aromatic nitrogens is 1. The smallest absolute Gasteiger partial charge is 0.413 e. The number of hydrogen-bond acceptors (Lipinski definition) is 7. The number of likely N-dealkylation sites (N-methyl/N-ethyl adjacent to an activating group) is 1. The first kappa shape index (κ1) is 17.9.